The molecule has 0 aliphatic heterocycles. The summed E-state index contributed by atoms with van der Waals surface area (Å²) >= 11 is 5.44. The molecule has 0 atom stereocenters. The summed E-state index contributed by atoms with van der Waals surface area (Å²) in [5.74, 6) is 1.37. The molecular formula is C10H11ClN2O. The Morgan fingerprint density at radius 1 is 1.29 bits per heavy atom. The summed E-state index contributed by atoms with van der Waals surface area (Å²) in [6.07, 6.45) is 2.32. The van der Waals surface area contributed by atoms with Crippen LogP contribution in [0.5, 0.6) is 0 Å². The number of aromatic nitrogens is 2. The van der Waals surface area contributed by atoms with Gasteiger partial charge in [-0.3, -0.25) is 4.79 Å². The fourth-order valence-corrected chi connectivity index (χ4v) is 1.82. The van der Waals surface area contributed by atoms with E-state index in [9.17, 15) is 4.79 Å². The number of carbonyl (C=O) groups excluding carboxylic acids is 1. The van der Waals surface area contributed by atoms with E-state index >= 15 is 0 Å². The SMILES string of the molecule is Cc1nc(C2CC2)nc(C)c1C(=O)Cl. The summed E-state index contributed by atoms with van der Waals surface area (Å²) in [6, 6.07) is 0. The molecule has 1 aliphatic rings. The second-order valence-corrected chi connectivity index (χ2v) is 4.02. The largest absolute Gasteiger partial charge is 0.275 e. The van der Waals surface area contributed by atoms with Crippen LogP contribution >= 0.6 is 11.6 Å². The van der Waals surface area contributed by atoms with Gasteiger partial charge in [-0.2, -0.15) is 0 Å². The van der Waals surface area contributed by atoms with Crippen LogP contribution in [0.4, 0.5) is 0 Å². The number of hydrogen-bond acceptors (Lipinski definition) is 3. The molecule has 1 saturated carbocycles. The Kier molecular flexibility index (Phi) is 2.27. The highest BCUT2D eigenvalue weighted by Gasteiger charge is 2.28. The smallest absolute Gasteiger partial charge is 0.256 e. The van der Waals surface area contributed by atoms with E-state index in [-0.39, 0.29) is 0 Å². The maximum absolute atomic E-state index is 11.1. The molecule has 1 heterocycles. The van der Waals surface area contributed by atoms with Gasteiger partial charge in [0.05, 0.1) is 17.0 Å². The van der Waals surface area contributed by atoms with Crippen molar-refractivity contribution < 1.29 is 4.79 Å². The minimum Gasteiger partial charge on any atom is -0.275 e. The number of halogens is 1. The van der Waals surface area contributed by atoms with Crippen molar-refractivity contribution in [1.82, 2.24) is 9.97 Å². The van der Waals surface area contributed by atoms with E-state index in [2.05, 4.69) is 9.97 Å². The first-order valence-corrected chi connectivity index (χ1v) is 5.02. The van der Waals surface area contributed by atoms with Crippen molar-refractivity contribution in [2.45, 2.75) is 32.6 Å². The minimum atomic E-state index is -0.470. The fraction of sp³-hybridized carbons (Fsp3) is 0.500. The molecule has 3 nitrogen and oxygen atoms in total. The van der Waals surface area contributed by atoms with Crippen LogP contribution in [-0.2, 0) is 0 Å². The Hall–Kier alpha value is -0.960. The summed E-state index contributed by atoms with van der Waals surface area (Å²) in [7, 11) is 0. The van der Waals surface area contributed by atoms with Crippen molar-refractivity contribution in [2.24, 2.45) is 0 Å². The molecule has 0 amide bonds. The van der Waals surface area contributed by atoms with Gasteiger partial charge >= 0.3 is 0 Å². The Morgan fingerprint density at radius 3 is 2.14 bits per heavy atom. The van der Waals surface area contributed by atoms with Crippen LogP contribution in [-0.4, -0.2) is 15.2 Å². The Morgan fingerprint density at radius 2 is 1.79 bits per heavy atom. The first-order chi connectivity index (χ1) is 6.59. The third-order valence-corrected chi connectivity index (χ3v) is 2.62. The van der Waals surface area contributed by atoms with E-state index in [4.69, 9.17) is 11.6 Å². The van der Waals surface area contributed by atoms with Crippen molar-refractivity contribution in [3.8, 4) is 0 Å². The molecule has 1 fully saturated rings. The van der Waals surface area contributed by atoms with Gasteiger partial charge in [0.2, 0.25) is 0 Å². The van der Waals surface area contributed by atoms with Crippen LogP contribution in [0.1, 0.15) is 46.3 Å². The number of aryl methyl sites for hydroxylation is 2. The molecule has 1 aromatic rings. The molecule has 0 bridgehead atoms. The number of nitrogens with zero attached hydrogens (tertiary/aromatic N) is 2. The Labute approximate surface area is 87.5 Å². The molecule has 14 heavy (non-hydrogen) atoms. The molecule has 0 spiro atoms. The molecular weight excluding hydrogens is 200 g/mol. The molecule has 2 rings (SSSR count). The lowest BCUT2D eigenvalue weighted by Crippen LogP contribution is -2.06. The summed E-state index contributed by atoms with van der Waals surface area (Å²) in [4.78, 5) is 19.7. The van der Waals surface area contributed by atoms with E-state index in [0.717, 1.165) is 18.7 Å². The lowest BCUT2D eigenvalue weighted by Gasteiger charge is -2.06. The van der Waals surface area contributed by atoms with Gasteiger partial charge in [0, 0.05) is 5.92 Å². The van der Waals surface area contributed by atoms with Gasteiger partial charge in [0.25, 0.3) is 5.24 Å². The zero-order valence-electron chi connectivity index (χ0n) is 8.17. The molecule has 1 aromatic heterocycles. The van der Waals surface area contributed by atoms with Gasteiger partial charge in [0.15, 0.2) is 0 Å². The molecule has 74 valence electrons. The Bertz CT molecular complexity index is 376. The second-order valence-electron chi connectivity index (χ2n) is 3.68. The summed E-state index contributed by atoms with van der Waals surface area (Å²) in [5.41, 5.74) is 1.84. The topological polar surface area (TPSA) is 42.9 Å². The van der Waals surface area contributed by atoms with Crippen LogP contribution in [0.3, 0.4) is 0 Å². The molecule has 0 radical (unpaired) electrons. The van der Waals surface area contributed by atoms with E-state index in [1.54, 1.807) is 13.8 Å². The van der Waals surface area contributed by atoms with Gasteiger partial charge in [-0.05, 0) is 38.3 Å². The third kappa shape index (κ3) is 1.64. The maximum atomic E-state index is 11.1. The van der Waals surface area contributed by atoms with Crippen LogP contribution in [0.2, 0.25) is 0 Å². The van der Waals surface area contributed by atoms with E-state index < -0.39 is 5.24 Å². The summed E-state index contributed by atoms with van der Waals surface area (Å²) in [6.45, 7) is 3.60. The quantitative estimate of drug-likeness (QED) is 0.704. The molecule has 4 heteroatoms. The Balaban J connectivity index is 2.49. The van der Waals surface area contributed by atoms with Gasteiger partial charge in [0.1, 0.15) is 5.82 Å². The first kappa shape index (κ1) is 9.59. The number of rotatable bonds is 2. The van der Waals surface area contributed by atoms with Crippen molar-refractivity contribution in [1.29, 1.82) is 0 Å². The van der Waals surface area contributed by atoms with Crippen molar-refractivity contribution in [2.75, 3.05) is 0 Å². The van der Waals surface area contributed by atoms with Crippen LogP contribution < -0.4 is 0 Å². The lowest BCUT2D eigenvalue weighted by molar-refractivity contribution is 0.107. The highest BCUT2D eigenvalue weighted by atomic mass is 35.5. The van der Waals surface area contributed by atoms with E-state index in [1.165, 1.54) is 0 Å². The normalized spacial score (nSPS) is 15.6. The molecule has 0 unspecified atom stereocenters. The van der Waals surface area contributed by atoms with Gasteiger partial charge < -0.3 is 0 Å². The van der Waals surface area contributed by atoms with E-state index in [0.29, 0.717) is 22.9 Å². The average molecular weight is 211 g/mol. The highest BCUT2D eigenvalue weighted by Crippen LogP contribution is 2.38. The van der Waals surface area contributed by atoms with Crippen LogP contribution in [0.25, 0.3) is 0 Å². The monoisotopic (exact) mass is 210 g/mol. The van der Waals surface area contributed by atoms with Crippen molar-refractivity contribution >= 4 is 16.8 Å². The molecule has 0 aromatic carbocycles. The zero-order chi connectivity index (χ0) is 10.3. The standard InChI is InChI=1S/C10H11ClN2O/c1-5-8(9(11)14)6(2)13-10(12-5)7-3-4-7/h7H,3-4H2,1-2H3. The fourth-order valence-electron chi connectivity index (χ4n) is 1.55. The molecule has 0 N–H and O–H groups in total. The van der Waals surface area contributed by atoms with Crippen molar-refractivity contribution in [3.05, 3.63) is 22.8 Å². The average Bonchev–Trinajstić information content (AvgIpc) is 2.83. The van der Waals surface area contributed by atoms with Gasteiger partial charge in [-0.1, -0.05) is 0 Å². The third-order valence-electron chi connectivity index (χ3n) is 2.43. The predicted octanol–water partition coefficient (Wildman–Crippen LogP) is 2.35. The summed E-state index contributed by atoms with van der Waals surface area (Å²) < 4.78 is 0. The van der Waals surface area contributed by atoms with Crippen molar-refractivity contribution in [3.63, 3.8) is 0 Å². The second kappa shape index (κ2) is 3.31. The van der Waals surface area contributed by atoms with Crippen LogP contribution in [0.15, 0.2) is 0 Å². The molecule has 0 saturated heterocycles. The highest BCUT2D eigenvalue weighted by molar-refractivity contribution is 6.68. The predicted molar refractivity (Wildman–Crippen MR) is 53.7 cm³/mol. The number of carbonyl (C=O) groups is 1. The van der Waals surface area contributed by atoms with Gasteiger partial charge in [-0.25, -0.2) is 9.97 Å². The van der Waals surface area contributed by atoms with Gasteiger partial charge in [-0.15, -0.1) is 0 Å². The summed E-state index contributed by atoms with van der Waals surface area (Å²) in [5, 5.41) is -0.470. The zero-order valence-corrected chi connectivity index (χ0v) is 8.93. The van der Waals surface area contributed by atoms with E-state index in [1.807, 2.05) is 0 Å². The molecule has 1 aliphatic carbocycles. The number of hydrogen-bond donors (Lipinski definition) is 0. The lowest BCUT2D eigenvalue weighted by atomic mass is 10.2. The van der Waals surface area contributed by atoms with Crippen LogP contribution in [0, 0.1) is 13.8 Å². The maximum Gasteiger partial charge on any atom is 0.256 e. The minimum absolute atomic E-state index is 0.455. The first-order valence-electron chi connectivity index (χ1n) is 4.64.